The second kappa shape index (κ2) is 9.29. The van der Waals surface area contributed by atoms with E-state index in [0.717, 1.165) is 38.2 Å². The maximum Gasteiger partial charge on any atom is 0.634 e. The number of aliphatic hydroxyl groups is 1. The van der Waals surface area contributed by atoms with Gasteiger partial charge >= 0.3 is 7.32 Å². The zero-order valence-electron chi connectivity index (χ0n) is 23.7. The van der Waals surface area contributed by atoms with Gasteiger partial charge in [0, 0.05) is 11.8 Å². The summed E-state index contributed by atoms with van der Waals surface area (Å²) in [7, 11) is -2.01. The van der Waals surface area contributed by atoms with Gasteiger partial charge in [-0.3, -0.25) is 0 Å². The van der Waals surface area contributed by atoms with Crippen molar-refractivity contribution in [3.05, 3.63) is 108 Å². The largest absolute Gasteiger partial charge is 0.634 e. The van der Waals surface area contributed by atoms with Gasteiger partial charge in [0.1, 0.15) is 0 Å². The van der Waals surface area contributed by atoms with Crippen LogP contribution >= 0.6 is 0 Å². The fraction of sp³-hybridized carbons (Fsp3) is 0.257. The van der Waals surface area contributed by atoms with Gasteiger partial charge in [0.15, 0.2) is 0 Å². The lowest BCUT2D eigenvalue weighted by molar-refractivity contribution is -0.119. The van der Waals surface area contributed by atoms with E-state index in [-0.39, 0.29) is 11.8 Å². The molecule has 6 rings (SSSR count). The molecule has 0 saturated carbocycles. The van der Waals surface area contributed by atoms with Crippen LogP contribution < -0.4 is 0 Å². The molecule has 1 unspecified atom stereocenters. The summed E-state index contributed by atoms with van der Waals surface area (Å²) in [6, 6.07) is 32.2. The fourth-order valence-corrected chi connectivity index (χ4v) is 6.55. The molecule has 1 aliphatic rings. The highest BCUT2D eigenvalue weighted by Gasteiger charge is 2.44. The van der Waals surface area contributed by atoms with E-state index in [9.17, 15) is 15.2 Å². The lowest BCUT2D eigenvalue weighted by Crippen LogP contribution is -2.54. The molecule has 5 aromatic rings. The van der Waals surface area contributed by atoms with Crippen molar-refractivity contribution in [2.24, 2.45) is 0 Å². The number of hydrogen-bond donors (Lipinski definition) is 3. The first-order valence-electron chi connectivity index (χ1n) is 13.9. The Kier molecular flexibility index (Phi) is 6.21. The first-order chi connectivity index (χ1) is 18.9. The minimum absolute atomic E-state index is 0.107. The summed E-state index contributed by atoms with van der Waals surface area (Å²) >= 11 is 0. The molecule has 5 heteroatoms. The molecule has 3 N–H and O–H groups in total. The summed E-state index contributed by atoms with van der Waals surface area (Å²) in [5.74, 6) is 0. The van der Waals surface area contributed by atoms with E-state index in [4.69, 9.17) is 4.65 Å². The molecule has 4 nitrogen and oxygen atoms in total. The Hall–Kier alpha value is -3.48. The second-order valence-corrected chi connectivity index (χ2v) is 12.3. The Morgan fingerprint density at radius 1 is 0.700 bits per heavy atom. The van der Waals surface area contributed by atoms with Gasteiger partial charge in [-0.15, -0.1) is 0 Å². The highest BCUT2D eigenvalue weighted by atomic mass is 16.6. The Morgan fingerprint density at radius 3 is 1.80 bits per heavy atom. The molecular weight excluding hydrogens is 495 g/mol. The first kappa shape index (κ1) is 26.7. The first-order valence-corrected chi connectivity index (χ1v) is 13.9. The molecule has 0 fully saturated rings. The van der Waals surface area contributed by atoms with E-state index in [1.165, 1.54) is 22.3 Å². The van der Waals surface area contributed by atoms with Crippen molar-refractivity contribution >= 4 is 28.9 Å². The van der Waals surface area contributed by atoms with Crippen molar-refractivity contribution < 1.29 is 19.8 Å². The molecule has 0 saturated heterocycles. The number of hydrogen-bond acceptors (Lipinski definition) is 4. The van der Waals surface area contributed by atoms with Gasteiger partial charge < -0.3 is 19.8 Å². The average molecular weight is 530 g/mol. The van der Waals surface area contributed by atoms with Gasteiger partial charge in [0.25, 0.3) is 0 Å². The maximum absolute atomic E-state index is 11.1. The van der Waals surface area contributed by atoms with E-state index in [1.807, 2.05) is 12.1 Å². The van der Waals surface area contributed by atoms with Crippen LogP contribution in [0.15, 0.2) is 91.0 Å². The molecule has 0 radical (unpaired) electrons. The predicted octanol–water partition coefficient (Wildman–Crippen LogP) is 7.02. The van der Waals surface area contributed by atoms with Gasteiger partial charge in [-0.2, -0.15) is 0 Å². The number of fused-ring (bicyclic) bond motifs is 5. The SMILES string of the molecule is CC1(C)c2ccccc2-c2ccc(-c3c4ccccc4c(CC(C)(OB(O)O)C(C)(C)O)c4ccccc34)cc21. The van der Waals surface area contributed by atoms with Crippen molar-refractivity contribution in [3.8, 4) is 22.3 Å². The van der Waals surface area contributed by atoms with Crippen molar-refractivity contribution in [1.82, 2.24) is 0 Å². The van der Waals surface area contributed by atoms with E-state index >= 15 is 0 Å². The minimum Gasteiger partial charge on any atom is -0.402 e. The summed E-state index contributed by atoms with van der Waals surface area (Å²) in [6.45, 7) is 9.60. The minimum atomic E-state index is -2.01. The van der Waals surface area contributed by atoms with Crippen LogP contribution in [0, 0.1) is 0 Å². The normalized spacial score (nSPS) is 15.6. The quantitative estimate of drug-likeness (QED) is 0.163. The summed E-state index contributed by atoms with van der Waals surface area (Å²) in [4.78, 5) is 0. The molecule has 0 amide bonds. The lowest BCUT2D eigenvalue weighted by Gasteiger charge is -2.41. The van der Waals surface area contributed by atoms with Crippen LogP contribution in [0.25, 0.3) is 43.8 Å². The molecule has 5 aromatic carbocycles. The van der Waals surface area contributed by atoms with Crippen LogP contribution in [-0.2, 0) is 16.5 Å². The summed E-state index contributed by atoms with van der Waals surface area (Å²) in [6.07, 6.45) is 0.280. The molecule has 0 bridgehead atoms. The Morgan fingerprint density at radius 2 is 1.23 bits per heavy atom. The predicted molar refractivity (Wildman–Crippen MR) is 164 cm³/mol. The van der Waals surface area contributed by atoms with Crippen LogP contribution in [0.5, 0.6) is 0 Å². The molecule has 0 spiro atoms. The van der Waals surface area contributed by atoms with Gasteiger partial charge in [-0.05, 0) is 87.3 Å². The van der Waals surface area contributed by atoms with Crippen LogP contribution in [0.3, 0.4) is 0 Å². The summed E-state index contributed by atoms with van der Waals surface area (Å²) in [5, 5.41) is 34.9. The van der Waals surface area contributed by atoms with Crippen molar-refractivity contribution in [1.29, 1.82) is 0 Å². The molecule has 1 aliphatic carbocycles. The standard InChI is InChI=1S/C35H35BO4/c1-33(2)30-17-11-10-14-25(30)26-19-18-22(20-31(26)33)32-27-15-8-6-12-23(27)29(24-13-7-9-16-28(24)32)21-35(5,34(3,4)37)40-36(38)39/h6-20,37-39H,21H2,1-5H3. The highest BCUT2D eigenvalue weighted by Crippen LogP contribution is 2.51. The third-order valence-electron chi connectivity index (χ3n) is 9.09. The Balaban J connectivity index is 1.62. The van der Waals surface area contributed by atoms with Gasteiger partial charge in [-0.25, -0.2) is 0 Å². The fourth-order valence-electron chi connectivity index (χ4n) is 6.55. The molecule has 0 aliphatic heterocycles. The highest BCUT2D eigenvalue weighted by molar-refractivity contribution is 6.32. The molecule has 1 atom stereocenters. The zero-order chi connectivity index (χ0) is 28.4. The number of rotatable bonds is 6. The molecule has 40 heavy (non-hydrogen) atoms. The maximum atomic E-state index is 11.1. The van der Waals surface area contributed by atoms with Crippen LogP contribution in [0.4, 0.5) is 0 Å². The summed E-state index contributed by atoms with van der Waals surface area (Å²) < 4.78 is 5.58. The summed E-state index contributed by atoms with van der Waals surface area (Å²) in [5.41, 5.74) is 5.86. The molecular formula is C35H35BO4. The van der Waals surface area contributed by atoms with Gasteiger partial charge in [-0.1, -0.05) is 98.8 Å². The average Bonchev–Trinajstić information content (AvgIpc) is 3.14. The van der Waals surface area contributed by atoms with Crippen LogP contribution in [-0.4, -0.2) is 33.7 Å². The van der Waals surface area contributed by atoms with Crippen molar-refractivity contribution in [3.63, 3.8) is 0 Å². The topological polar surface area (TPSA) is 69.9 Å². The van der Waals surface area contributed by atoms with E-state index in [0.29, 0.717) is 0 Å². The van der Waals surface area contributed by atoms with Gasteiger partial charge in [0.2, 0.25) is 0 Å². The molecule has 0 aromatic heterocycles. The third kappa shape index (κ3) is 4.08. The van der Waals surface area contributed by atoms with E-state index in [1.54, 1.807) is 20.8 Å². The third-order valence-corrected chi connectivity index (χ3v) is 9.09. The number of benzene rings is 5. The monoisotopic (exact) mass is 530 g/mol. The smallest absolute Gasteiger partial charge is 0.402 e. The Bertz CT molecular complexity index is 1710. The Labute approximate surface area is 236 Å². The van der Waals surface area contributed by atoms with Gasteiger partial charge in [0.05, 0.1) is 11.2 Å². The molecule has 202 valence electrons. The van der Waals surface area contributed by atoms with Crippen molar-refractivity contribution in [2.75, 3.05) is 0 Å². The zero-order valence-corrected chi connectivity index (χ0v) is 23.7. The second-order valence-electron chi connectivity index (χ2n) is 12.3. The lowest BCUT2D eigenvalue weighted by atomic mass is 9.77. The van der Waals surface area contributed by atoms with Crippen molar-refractivity contribution in [2.45, 2.75) is 57.7 Å². The molecule has 0 heterocycles. The van der Waals surface area contributed by atoms with E-state index < -0.39 is 18.5 Å². The van der Waals surface area contributed by atoms with Crippen LogP contribution in [0.2, 0.25) is 0 Å². The van der Waals surface area contributed by atoms with E-state index in [2.05, 4.69) is 92.7 Å². The van der Waals surface area contributed by atoms with Crippen LogP contribution in [0.1, 0.15) is 51.3 Å².